The molecular formula is C26H36N3O3+. The zero-order valence-corrected chi connectivity index (χ0v) is 19.7. The van der Waals surface area contributed by atoms with Crippen LogP contribution in [0.5, 0.6) is 5.75 Å². The third-order valence-corrected chi connectivity index (χ3v) is 7.43. The average molecular weight is 439 g/mol. The molecule has 1 aliphatic carbocycles. The second kappa shape index (κ2) is 9.59. The topological polar surface area (TPSA) is 67.1 Å². The van der Waals surface area contributed by atoms with Crippen LogP contribution in [0.25, 0.3) is 0 Å². The summed E-state index contributed by atoms with van der Waals surface area (Å²) in [4.78, 5) is 20.8. The number of likely N-dealkylation sites (N-methyl/N-ethyl adjacent to an activating group) is 1. The van der Waals surface area contributed by atoms with Gasteiger partial charge in [-0.1, -0.05) is 13.0 Å². The summed E-state index contributed by atoms with van der Waals surface area (Å²) in [6, 6.07) is 5.97. The summed E-state index contributed by atoms with van der Waals surface area (Å²) in [5.74, 6) is 0.707. The van der Waals surface area contributed by atoms with E-state index < -0.39 is 6.10 Å². The Morgan fingerprint density at radius 2 is 2.09 bits per heavy atom. The molecule has 1 saturated heterocycles. The van der Waals surface area contributed by atoms with Gasteiger partial charge in [0.25, 0.3) is 0 Å². The molecule has 2 aliphatic rings. The fourth-order valence-corrected chi connectivity index (χ4v) is 5.28. The number of carbonyl (C=O) groups excluding carboxylic acids is 1. The van der Waals surface area contributed by atoms with E-state index in [-0.39, 0.29) is 17.7 Å². The molecule has 6 heteroatoms. The van der Waals surface area contributed by atoms with Crippen LogP contribution in [0.15, 0.2) is 30.6 Å². The second-order valence-electron chi connectivity index (χ2n) is 9.58. The highest BCUT2D eigenvalue weighted by molar-refractivity contribution is 5.79. The lowest BCUT2D eigenvalue weighted by Crippen LogP contribution is -3.12. The number of piperazine rings is 1. The Morgan fingerprint density at radius 1 is 1.34 bits per heavy atom. The molecule has 0 unspecified atom stereocenters. The molecule has 172 valence electrons. The summed E-state index contributed by atoms with van der Waals surface area (Å²) < 4.78 is 6.14. The second-order valence-corrected chi connectivity index (χ2v) is 9.58. The maximum Gasteiger partial charge on any atom is 0.226 e. The number of aryl methyl sites for hydroxylation is 1. The molecule has 2 N–H and O–H groups in total. The van der Waals surface area contributed by atoms with Crippen LogP contribution in [0.3, 0.4) is 0 Å². The number of rotatable bonds is 5. The molecule has 1 aromatic heterocycles. The predicted molar refractivity (Wildman–Crippen MR) is 124 cm³/mol. The van der Waals surface area contributed by atoms with Crippen LogP contribution >= 0.6 is 0 Å². The van der Waals surface area contributed by atoms with Crippen molar-refractivity contribution in [2.45, 2.75) is 46.3 Å². The molecule has 0 saturated carbocycles. The van der Waals surface area contributed by atoms with Gasteiger partial charge in [-0.15, -0.1) is 0 Å². The van der Waals surface area contributed by atoms with Gasteiger partial charge in [0.05, 0.1) is 39.3 Å². The Bertz CT molecular complexity index is 955. The summed E-state index contributed by atoms with van der Waals surface area (Å²) in [6.45, 7) is 10.1. The predicted octanol–water partition coefficient (Wildman–Crippen LogP) is 1.87. The van der Waals surface area contributed by atoms with E-state index >= 15 is 0 Å². The number of aliphatic hydroxyl groups is 1. The Labute approximate surface area is 191 Å². The Balaban J connectivity index is 1.53. The first-order chi connectivity index (χ1) is 15.4. The highest BCUT2D eigenvalue weighted by Crippen LogP contribution is 2.44. The molecule has 4 rings (SSSR count). The summed E-state index contributed by atoms with van der Waals surface area (Å²) in [7, 11) is 2.17. The number of carbonyl (C=O) groups is 1. The third kappa shape index (κ3) is 4.52. The van der Waals surface area contributed by atoms with Gasteiger partial charge in [0.1, 0.15) is 12.4 Å². The first-order valence-corrected chi connectivity index (χ1v) is 11.8. The fourth-order valence-electron chi connectivity index (χ4n) is 5.28. The van der Waals surface area contributed by atoms with Crippen molar-refractivity contribution in [3.8, 4) is 5.75 Å². The fraction of sp³-hybridized carbons (Fsp3) is 0.538. The number of nitrogens with one attached hydrogen (secondary N) is 1. The van der Waals surface area contributed by atoms with E-state index in [1.807, 2.05) is 30.9 Å². The van der Waals surface area contributed by atoms with Crippen molar-refractivity contribution < 1.29 is 19.5 Å². The standard InChI is InChI=1S/C26H35N3O3/c1-17-14-23(32-16-20-6-5-9-27-15-20)19(3)24-21(17)7-8-22(25(24)30)18(2)26(31)29-12-10-28(4)11-13-29/h5-6,9,14-15,18,22,25,30H,7-8,10-13,16H2,1-4H3/p+1/t18-,22-,25+/m0/s1. The summed E-state index contributed by atoms with van der Waals surface area (Å²) in [6.07, 6.45) is 4.61. The number of pyridine rings is 1. The van der Waals surface area contributed by atoms with Gasteiger partial charge in [-0.3, -0.25) is 9.78 Å². The van der Waals surface area contributed by atoms with Crippen LogP contribution in [0.4, 0.5) is 0 Å². The molecule has 0 bridgehead atoms. The van der Waals surface area contributed by atoms with E-state index in [0.717, 1.165) is 67.0 Å². The number of aliphatic hydroxyl groups excluding tert-OH is 1. The smallest absolute Gasteiger partial charge is 0.226 e. The SMILES string of the molecule is Cc1cc(OCc2cccnc2)c(C)c2c1CC[C@@H]([C@H](C)C(=O)N1CC[NH+](C)CC1)[C@H]2O. The average Bonchev–Trinajstić information content (AvgIpc) is 2.80. The molecule has 32 heavy (non-hydrogen) atoms. The summed E-state index contributed by atoms with van der Waals surface area (Å²) in [5.41, 5.74) is 5.31. The third-order valence-electron chi connectivity index (χ3n) is 7.43. The number of ether oxygens (including phenoxy) is 1. The minimum atomic E-state index is -0.656. The molecule has 1 fully saturated rings. The minimum absolute atomic E-state index is 0.0753. The molecule has 3 atom stereocenters. The van der Waals surface area contributed by atoms with Crippen LogP contribution in [0.2, 0.25) is 0 Å². The molecule has 2 heterocycles. The van der Waals surface area contributed by atoms with Gasteiger partial charge in [-0.2, -0.15) is 0 Å². The van der Waals surface area contributed by atoms with Crippen LogP contribution < -0.4 is 9.64 Å². The molecule has 1 aromatic carbocycles. The maximum atomic E-state index is 13.2. The molecular weight excluding hydrogens is 402 g/mol. The van der Waals surface area contributed by atoms with Gasteiger partial charge in [0.2, 0.25) is 5.91 Å². The number of quaternary nitrogens is 1. The van der Waals surface area contributed by atoms with Crippen LogP contribution in [-0.4, -0.2) is 54.1 Å². The van der Waals surface area contributed by atoms with E-state index in [4.69, 9.17) is 4.74 Å². The first kappa shape index (κ1) is 22.7. The van der Waals surface area contributed by atoms with Crippen molar-refractivity contribution in [3.63, 3.8) is 0 Å². The highest BCUT2D eigenvalue weighted by Gasteiger charge is 2.39. The maximum absolute atomic E-state index is 13.2. The number of amides is 1. The van der Waals surface area contributed by atoms with Crippen molar-refractivity contribution in [1.82, 2.24) is 9.88 Å². The Kier molecular flexibility index (Phi) is 6.82. The van der Waals surface area contributed by atoms with Crippen LogP contribution in [-0.2, 0) is 17.8 Å². The highest BCUT2D eigenvalue weighted by atomic mass is 16.5. The lowest BCUT2D eigenvalue weighted by molar-refractivity contribution is -0.883. The Morgan fingerprint density at radius 3 is 2.78 bits per heavy atom. The monoisotopic (exact) mass is 438 g/mol. The number of benzene rings is 1. The Hall–Kier alpha value is -2.44. The van der Waals surface area contributed by atoms with E-state index in [1.165, 1.54) is 10.5 Å². The zero-order valence-electron chi connectivity index (χ0n) is 19.7. The molecule has 6 nitrogen and oxygen atoms in total. The van der Waals surface area contributed by atoms with E-state index in [2.05, 4.69) is 25.0 Å². The molecule has 0 radical (unpaired) electrons. The lowest BCUT2D eigenvalue weighted by Gasteiger charge is -2.38. The van der Waals surface area contributed by atoms with Crippen molar-refractivity contribution in [1.29, 1.82) is 0 Å². The number of fused-ring (bicyclic) bond motifs is 1. The number of aromatic nitrogens is 1. The molecule has 0 spiro atoms. The molecule has 1 amide bonds. The van der Waals surface area contributed by atoms with Gasteiger partial charge in [-0.25, -0.2) is 0 Å². The van der Waals surface area contributed by atoms with E-state index in [0.29, 0.717) is 6.61 Å². The number of hydrogen-bond donors (Lipinski definition) is 2. The number of hydrogen-bond acceptors (Lipinski definition) is 4. The lowest BCUT2D eigenvalue weighted by atomic mass is 9.72. The van der Waals surface area contributed by atoms with Gasteiger partial charge < -0.3 is 19.6 Å². The van der Waals surface area contributed by atoms with Crippen molar-refractivity contribution in [3.05, 3.63) is 58.4 Å². The van der Waals surface area contributed by atoms with Crippen molar-refractivity contribution in [2.75, 3.05) is 33.2 Å². The van der Waals surface area contributed by atoms with Crippen LogP contribution in [0, 0.1) is 25.7 Å². The summed E-state index contributed by atoms with van der Waals surface area (Å²) >= 11 is 0. The number of nitrogens with zero attached hydrogens (tertiary/aromatic N) is 2. The molecule has 2 aromatic rings. The van der Waals surface area contributed by atoms with Gasteiger partial charge in [-0.05, 0) is 61.1 Å². The minimum Gasteiger partial charge on any atom is -0.489 e. The van der Waals surface area contributed by atoms with Gasteiger partial charge in [0.15, 0.2) is 0 Å². The van der Waals surface area contributed by atoms with Gasteiger partial charge in [0, 0.05) is 29.8 Å². The largest absolute Gasteiger partial charge is 0.489 e. The van der Waals surface area contributed by atoms with E-state index in [1.54, 1.807) is 12.4 Å². The van der Waals surface area contributed by atoms with Crippen molar-refractivity contribution >= 4 is 5.91 Å². The first-order valence-electron chi connectivity index (χ1n) is 11.8. The molecule has 1 aliphatic heterocycles. The normalized spacial score (nSPS) is 22.3. The summed E-state index contributed by atoms with van der Waals surface area (Å²) in [5, 5.41) is 11.5. The van der Waals surface area contributed by atoms with Crippen molar-refractivity contribution in [2.24, 2.45) is 11.8 Å². The quantitative estimate of drug-likeness (QED) is 0.748. The van der Waals surface area contributed by atoms with E-state index in [9.17, 15) is 9.90 Å². The van der Waals surface area contributed by atoms with Crippen LogP contribution in [0.1, 0.15) is 47.3 Å². The van der Waals surface area contributed by atoms with Gasteiger partial charge >= 0.3 is 0 Å². The zero-order chi connectivity index (χ0) is 22.8.